The van der Waals surface area contributed by atoms with Crippen molar-refractivity contribution in [2.24, 2.45) is 0 Å². The summed E-state index contributed by atoms with van der Waals surface area (Å²) in [6, 6.07) is 17.8. The SMILES string of the molecule is Cc1cc(NC[C@@H](O)c2cccc(O)c2)n2nc(-c3ccc(Cl)cc3)cc2n1. The molecule has 0 bridgehead atoms. The summed E-state index contributed by atoms with van der Waals surface area (Å²) in [5.74, 6) is 0.847. The van der Waals surface area contributed by atoms with E-state index in [9.17, 15) is 10.2 Å². The van der Waals surface area contributed by atoms with E-state index in [0.29, 0.717) is 16.2 Å². The van der Waals surface area contributed by atoms with E-state index in [1.165, 1.54) is 0 Å². The molecule has 7 heteroatoms. The highest BCUT2D eigenvalue weighted by atomic mass is 35.5. The van der Waals surface area contributed by atoms with E-state index in [4.69, 9.17) is 11.6 Å². The zero-order chi connectivity index (χ0) is 19.7. The first-order valence-electron chi connectivity index (χ1n) is 8.84. The fourth-order valence-corrected chi connectivity index (χ4v) is 3.16. The summed E-state index contributed by atoms with van der Waals surface area (Å²) in [6.07, 6.45) is -0.776. The summed E-state index contributed by atoms with van der Waals surface area (Å²) in [7, 11) is 0. The average Bonchev–Trinajstić information content (AvgIpc) is 3.10. The Labute approximate surface area is 167 Å². The lowest BCUT2D eigenvalue weighted by Crippen LogP contribution is -2.15. The number of aryl methyl sites for hydroxylation is 1. The number of benzene rings is 2. The number of nitrogens with zero attached hydrogens (tertiary/aromatic N) is 3. The molecule has 0 radical (unpaired) electrons. The molecule has 28 heavy (non-hydrogen) atoms. The molecule has 0 spiro atoms. The number of anilines is 1. The number of aliphatic hydroxyl groups excluding tert-OH is 1. The molecule has 4 aromatic rings. The quantitative estimate of drug-likeness (QED) is 0.472. The number of fused-ring (bicyclic) bond motifs is 1. The van der Waals surface area contributed by atoms with Crippen molar-refractivity contribution in [2.45, 2.75) is 13.0 Å². The van der Waals surface area contributed by atoms with Gasteiger partial charge in [0.05, 0.1) is 11.8 Å². The van der Waals surface area contributed by atoms with Crippen molar-refractivity contribution in [3.63, 3.8) is 0 Å². The zero-order valence-corrected chi connectivity index (χ0v) is 15.9. The van der Waals surface area contributed by atoms with Gasteiger partial charge >= 0.3 is 0 Å². The van der Waals surface area contributed by atoms with Gasteiger partial charge in [-0.2, -0.15) is 9.61 Å². The number of phenolic OH excluding ortho intramolecular Hbond substituents is 1. The van der Waals surface area contributed by atoms with E-state index in [0.717, 1.165) is 22.8 Å². The molecule has 2 heterocycles. The van der Waals surface area contributed by atoms with Crippen LogP contribution in [0.5, 0.6) is 5.75 Å². The van der Waals surface area contributed by atoms with Gasteiger partial charge in [0.2, 0.25) is 0 Å². The summed E-state index contributed by atoms with van der Waals surface area (Å²) >= 11 is 5.97. The Morgan fingerprint density at radius 2 is 1.89 bits per heavy atom. The maximum atomic E-state index is 10.4. The predicted molar refractivity (Wildman–Crippen MR) is 110 cm³/mol. The lowest BCUT2D eigenvalue weighted by Gasteiger charge is -2.14. The first kappa shape index (κ1) is 18.3. The van der Waals surface area contributed by atoms with E-state index >= 15 is 0 Å². The van der Waals surface area contributed by atoms with Gasteiger partial charge in [-0.15, -0.1) is 0 Å². The number of hydrogen-bond acceptors (Lipinski definition) is 5. The smallest absolute Gasteiger partial charge is 0.158 e. The molecular weight excluding hydrogens is 376 g/mol. The number of rotatable bonds is 5. The zero-order valence-electron chi connectivity index (χ0n) is 15.2. The summed E-state index contributed by atoms with van der Waals surface area (Å²) in [5.41, 5.74) is 3.91. The van der Waals surface area contributed by atoms with Gasteiger partial charge in [0.1, 0.15) is 11.6 Å². The summed E-state index contributed by atoms with van der Waals surface area (Å²) in [4.78, 5) is 4.54. The van der Waals surface area contributed by atoms with Gasteiger partial charge in [-0.25, -0.2) is 4.98 Å². The maximum Gasteiger partial charge on any atom is 0.158 e. The molecule has 2 aromatic heterocycles. The minimum absolute atomic E-state index is 0.123. The minimum atomic E-state index is -0.776. The first-order chi connectivity index (χ1) is 13.5. The predicted octanol–water partition coefficient (Wildman–Crippen LogP) is 4.21. The van der Waals surface area contributed by atoms with Crippen LogP contribution in [-0.4, -0.2) is 31.4 Å². The highest BCUT2D eigenvalue weighted by molar-refractivity contribution is 6.30. The van der Waals surface area contributed by atoms with E-state index in [1.807, 2.05) is 43.3 Å². The number of aromatic nitrogens is 3. The average molecular weight is 395 g/mol. The molecular formula is C21H19ClN4O2. The maximum absolute atomic E-state index is 10.4. The van der Waals surface area contributed by atoms with Crippen LogP contribution in [0.25, 0.3) is 16.9 Å². The van der Waals surface area contributed by atoms with Crippen LogP contribution in [-0.2, 0) is 0 Å². The summed E-state index contributed by atoms with van der Waals surface area (Å²) in [6.45, 7) is 2.17. The van der Waals surface area contributed by atoms with Crippen molar-refractivity contribution >= 4 is 23.1 Å². The molecule has 0 amide bonds. The van der Waals surface area contributed by atoms with Crippen molar-refractivity contribution in [3.05, 3.63) is 76.9 Å². The molecule has 0 aliphatic heterocycles. The topological polar surface area (TPSA) is 82.7 Å². The van der Waals surface area contributed by atoms with Crippen LogP contribution in [0, 0.1) is 6.92 Å². The van der Waals surface area contributed by atoms with E-state index in [2.05, 4.69) is 15.4 Å². The fraction of sp³-hybridized carbons (Fsp3) is 0.143. The molecule has 2 aromatic carbocycles. The molecule has 6 nitrogen and oxygen atoms in total. The highest BCUT2D eigenvalue weighted by Crippen LogP contribution is 2.24. The molecule has 3 N–H and O–H groups in total. The molecule has 4 rings (SSSR count). The van der Waals surface area contributed by atoms with Crippen LogP contribution < -0.4 is 5.32 Å². The van der Waals surface area contributed by atoms with Gasteiger partial charge in [0.25, 0.3) is 0 Å². The van der Waals surface area contributed by atoms with Gasteiger partial charge in [0, 0.05) is 35.0 Å². The number of aliphatic hydroxyl groups is 1. The van der Waals surface area contributed by atoms with Gasteiger partial charge in [-0.05, 0) is 36.8 Å². The summed E-state index contributed by atoms with van der Waals surface area (Å²) < 4.78 is 1.71. The molecule has 1 atom stereocenters. The second kappa shape index (κ2) is 7.50. The molecule has 0 aliphatic carbocycles. The second-order valence-corrected chi connectivity index (χ2v) is 7.02. The fourth-order valence-electron chi connectivity index (χ4n) is 3.04. The Balaban J connectivity index is 1.62. The largest absolute Gasteiger partial charge is 0.508 e. The van der Waals surface area contributed by atoms with Crippen LogP contribution in [0.3, 0.4) is 0 Å². The van der Waals surface area contributed by atoms with Crippen LogP contribution in [0.4, 0.5) is 5.82 Å². The number of aromatic hydroxyl groups is 1. The molecule has 0 saturated carbocycles. The minimum Gasteiger partial charge on any atom is -0.508 e. The standard InChI is InChI=1S/C21H19ClN4O2/c1-13-9-20(23-12-19(28)15-3-2-4-17(27)10-15)26-21(24-13)11-18(25-26)14-5-7-16(22)8-6-14/h2-11,19,23,27-28H,12H2,1H3/t19-/m1/s1. The van der Waals surface area contributed by atoms with Gasteiger partial charge < -0.3 is 15.5 Å². The Morgan fingerprint density at radius 3 is 2.64 bits per heavy atom. The third-order valence-electron chi connectivity index (χ3n) is 4.43. The Bertz CT molecular complexity index is 1130. The normalized spacial score (nSPS) is 12.2. The van der Waals surface area contributed by atoms with Gasteiger partial charge in [-0.1, -0.05) is 35.9 Å². The summed E-state index contributed by atoms with van der Waals surface area (Å²) in [5, 5.41) is 28.6. The molecule has 0 fully saturated rings. The van der Waals surface area contributed by atoms with E-state index in [-0.39, 0.29) is 12.3 Å². The molecule has 0 saturated heterocycles. The van der Waals surface area contributed by atoms with Gasteiger partial charge in [0.15, 0.2) is 5.65 Å². The Kier molecular flexibility index (Phi) is 4.90. The number of halogens is 1. The van der Waals surface area contributed by atoms with E-state index in [1.54, 1.807) is 28.8 Å². The third-order valence-corrected chi connectivity index (χ3v) is 4.68. The molecule has 0 unspecified atom stereocenters. The third kappa shape index (κ3) is 3.78. The molecule has 142 valence electrons. The van der Waals surface area contributed by atoms with Crippen molar-refractivity contribution in [1.29, 1.82) is 0 Å². The second-order valence-electron chi connectivity index (χ2n) is 6.58. The van der Waals surface area contributed by atoms with Crippen molar-refractivity contribution in [3.8, 4) is 17.0 Å². The lowest BCUT2D eigenvalue weighted by atomic mass is 10.1. The van der Waals surface area contributed by atoms with Crippen LogP contribution in [0.15, 0.2) is 60.7 Å². The number of hydrogen-bond donors (Lipinski definition) is 3. The van der Waals surface area contributed by atoms with Crippen molar-refractivity contribution < 1.29 is 10.2 Å². The van der Waals surface area contributed by atoms with Gasteiger partial charge in [-0.3, -0.25) is 0 Å². The first-order valence-corrected chi connectivity index (χ1v) is 9.21. The van der Waals surface area contributed by atoms with Crippen molar-refractivity contribution in [2.75, 3.05) is 11.9 Å². The lowest BCUT2D eigenvalue weighted by molar-refractivity contribution is 0.191. The number of nitrogens with one attached hydrogen (secondary N) is 1. The number of phenols is 1. The molecule has 0 aliphatic rings. The van der Waals surface area contributed by atoms with Crippen LogP contribution in [0.2, 0.25) is 5.02 Å². The highest BCUT2D eigenvalue weighted by Gasteiger charge is 2.12. The van der Waals surface area contributed by atoms with E-state index < -0.39 is 6.10 Å². The van der Waals surface area contributed by atoms with Crippen LogP contribution in [0.1, 0.15) is 17.4 Å². The van der Waals surface area contributed by atoms with Crippen molar-refractivity contribution in [1.82, 2.24) is 14.6 Å². The Hall–Kier alpha value is -3.09. The monoisotopic (exact) mass is 394 g/mol. The Morgan fingerprint density at radius 1 is 1.11 bits per heavy atom. The van der Waals surface area contributed by atoms with Crippen LogP contribution >= 0.6 is 11.6 Å².